The molecule has 3 rings (SSSR count). The molecule has 2 aromatic heterocycles. The van der Waals surface area contributed by atoms with Crippen LogP contribution in [0.15, 0.2) is 35.2 Å². The van der Waals surface area contributed by atoms with Gasteiger partial charge in [-0.2, -0.15) is 0 Å². The summed E-state index contributed by atoms with van der Waals surface area (Å²) in [5, 5.41) is 2.95. The third-order valence-electron chi connectivity index (χ3n) is 3.89. The van der Waals surface area contributed by atoms with Gasteiger partial charge in [0.1, 0.15) is 23.4 Å². The fourth-order valence-corrected chi connectivity index (χ4v) is 2.86. The molecule has 1 atom stereocenters. The van der Waals surface area contributed by atoms with Crippen molar-refractivity contribution in [2.24, 2.45) is 0 Å². The van der Waals surface area contributed by atoms with Crippen molar-refractivity contribution in [3.05, 3.63) is 30.8 Å². The Labute approximate surface area is 147 Å². The number of ether oxygens (including phenoxy) is 1. The normalized spacial score (nSPS) is 18.0. The van der Waals surface area contributed by atoms with Gasteiger partial charge < -0.3 is 19.4 Å². The number of aromatic nitrogens is 2. The fourth-order valence-electron chi connectivity index (χ4n) is 2.86. The van der Waals surface area contributed by atoms with Gasteiger partial charge in [-0.15, -0.1) is 0 Å². The Balaban J connectivity index is 1.65. The van der Waals surface area contributed by atoms with Crippen LogP contribution < -0.4 is 10.2 Å². The van der Waals surface area contributed by atoms with Crippen molar-refractivity contribution in [1.29, 1.82) is 0 Å². The van der Waals surface area contributed by atoms with Gasteiger partial charge in [-0.1, -0.05) is 0 Å². The maximum atomic E-state index is 12.0. The molecule has 1 unspecified atom stereocenters. The number of hydrogen-bond acceptors (Lipinski definition) is 6. The smallest absolute Gasteiger partial charge is 0.407 e. The average molecular weight is 344 g/mol. The van der Waals surface area contributed by atoms with Crippen LogP contribution >= 0.6 is 0 Å². The lowest BCUT2D eigenvalue weighted by atomic mass is 10.1. The molecule has 1 saturated heterocycles. The lowest BCUT2D eigenvalue weighted by Gasteiger charge is -2.34. The number of nitrogens with zero attached hydrogens (tertiary/aromatic N) is 3. The molecule has 1 amide bonds. The summed E-state index contributed by atoms with van der Waals surface area (Å²) >= 11 is 0. The summed E-state index contributed by atoms with van der Waals surface area (Å²) in [7, 11) is 0. The summed E-state index contributed by atoms with van der Waals surface area (Å²) in [5.74, 6) is 1.54. The number of alkyl carbamates (subject to hydrolysis) is 1. The van der Waals surface area contributed by atoms with E-state index in [0.29, 0.717) is 12.3 Å². The summed E-state index contributed by atoms with van der Waals surface area (Å²) in [5.41, 5.74) is 0.250. The molecule has 1 fully saturated rings. The number of carbonyl (C=O) groups is 1. The summed E-state index contributed by atoms with van der Waals surface area (Å²) in [6.07, 6.45) is 4.68. The van der Waals surface area contributed by atoms with Crippen LogP contribution in [0, 0.1) is 0 Å². The number of anilines is 1. The second kappa shape index (κ2) is 7.13. The van der Waals surface area contributed by atoms with Crippen LogP contribution in [-0.4, -0.2) is 40.8 Å². The van der Waals surface area contributed by atoms with Gasteiger partial charge in [-0.25, -0.2) is 14.8 Å². The molecule has 0 radical (unpaired) electrons. The highest BCUT2D eigenvalue weighted by Crippen LogP contribution is 2.23. The minimum atomic E-state index is -0.497. The van der Waals surface area contributed by atoms with Crippen molar-refractivity contribution >= 4 is 11.9 Å². The van der Waals surface area contributed by atoms with Crippen molar-refractivity contribution in [3.63, 3.8) is 0 Å². The number of furan rings is 1. The first-order valence-corrected chi connectivity index (χ1v) is 8.51. The van der Waals surface area contributed by atoms with Gasteiger partial charge in [-0.05, 0) is 45.7 Å². The van der Waals surface area contributed by atoms with E-state index in [1.54, 1.807) is 6.26 Å². The summed E-state index contributed by atoms with van der Waals surface area (Å²) in [6.45, 7) is 7.15. The molecule has 2 aromatic rings. The average Bonchev–Trinajstić information content (AvgIpc) is 3.08. The SMILES string of the molecule is CC(C)(C)OC(=O)NC1CCCN(c2cc(-c3ccco3)ncn2)C1. The maximum absolute atomic E-state index is 12.0. The number of amides is 1. The van der Waals surface area contributed by atoms with Crippen molar-refractivity contribution in [3.8, 4) is 11.5 Å². The zero-order valence-electron chi connectivity index (χ0n) is 14.9. The van der Waals surface area contributed by atoms with Crippen LogP contribution in [0.2, 0.25) is 0 Å². The van der Waals surface area contributed by atoms with Gasteiger partial charge in [0.15, 0.2) is 5.76 Å². The zero-order valence-corrected chi connectivity index (χ0v) is 14.9. The van der Waals surface area contributed by atoms with Crippen molar-refractivity contribution < 1.29 is 13.9 Å². The van der Waals surface area contributed by atoms with Crippen LogP contribution in [0.4, 0.5) is 10.6 Å². The van der Waals surface area contributed by atoms with E-state index in [2.05, 4.69) is 20.2 Å². The Kier molecular flexibility index (Phi) is 4.92. The van der Waals surface area contributed by atoms with Crippen LogP contribution in [-0.2, 0) is 4.74 Å². The highest BCUT2D eigenvalue weighted by Gasteiger charge is 2.25. The lowest BCUT2D eigenvalue weighted by Crippen LogP contribution is -2.49. The van der Waals surface area contributed by atoms with Crippen molar-refractivity contribution in [1.82, 2.24) is 15.3 Å². The Morgan fingerprint density at radius 1 is 1.40 bits per heavy atom. The van der Waals surface area contributed by atoms with E-state index in [1.165, 1.54) is 6.33 Å². The van der Waals surface area contributed by atoms with Crippen LogP contribution in [0.5, 0.6) is 0 Å². The molecule has 134 valence electrons. The van der Waals surface area contributed by atoms with Gasteiger partial charge in [0.25, 0.3) is 0 Å². The van der Waals surface area contributed by atoms with E-state index in [1.807, 2.05) is 39.0 Å². The predicted octanol–water partition coefficient (Wildman–Crippen LogP) is 3.23. The first kappa shape index (κ1) is 17.3. The fraction of sp³-hybridized carbons (Fsp3) is 0.500. The minimum Gasteiger partial charge on any atom is -0.463 e. The highest BCUT2D eigenvalue weighted by atomic mass is 16.6. The molecule has 1 N–H and O–H groups in total. The topological polar surface area (TPSA) is 80.5 Å². The molecule has 25 heavy (non-hydrogen) atoms. The van der Waals surface area contributed by atoms with E-state index < -0.39 is 5.60 Å². The quantitative estimate of drug-likeness (QED) is 0.921. The molecule has 0 bridgehead atoms. The molecule has 3 heterocycles. The third-order valence-corrected chi connectivity index (χ3v) is 3.89. The largest absolute Gasteiger partial charge is 0.463 e. The Bertz CT molecular complexity index is 709. The second-order valence-electron chi connectivity index (χ2n) is 7.17. The van der Waals surface area contributed by atoms with E-state index in [4.69, 9.17) is 9.15 Å². The van der Waals surface area contributed by atoms with E-state index in [9.17, 15) is 4.79 Å². The number of hydrogen-bond donors (Lipinski definition) is 1. The number of piperidine rings is 1. The van der Waals surface area contributed by atoms with Crippen LogP contribution in [0.3, 0.4) is 0 Å². The Morgan fingerprint density at radius 2 is 2.24 bits per heavy atom. The first-order chi connectivity index (χ1) is 11.9. The monoisotopic (exact) mass is 344 g/mol. The Morgan fingerprint density at radius 3 is 2.96 bits per heavy atom. The molecule has 7 nitrogen and oxygen atoms in total. The Hall–Kier alpha value is -2.57. The maximum Gasteiger partial charge on any atom is 0.407 e. The minimum absolute atomic E-state index is 0.0330. The number of nitrogens with one attached hydrogen (secondary N) is 1. The molecule has 0 aromatic carbocycles. The summed E-state index contributed by atoms with van der Waals surface area (Å²) in [6, 6.07) is 5.65. The van der Waals surface area contributed by atoms with Crippen LogP contribution in [0.25, 0.3) is 11.5 Å². The molecule has 0 saturated carbocycles. The zero-order chi connectivity index (χ0) is 17.9. The molecular weight excluding hydrogens is 320 g/mol. The first-order valence-electron chi connectivity index (χ1n) is 8.51. The molecule has 1 aliphatic rings. The number of rotatable bonds is 3. The van der Waals surface area contributed by atoms with Gasteiger partial charge in [0.2, 0.25) is 0 Å². The van der Waals surface area contributed by atoms with E-state index in [-0.39, 0.29) is 12.1 Å². The lowest BCUT2D eigenvalue weighted by molar-refractivity contribution is 0.0500. The molecule has 0 aliphatic carbocycles. The van der Waals surface area contributed by atoms with Gasteiger partial charge >= 0.3 is 6.09 Å². The molecule has 0 spiro atoms. The van der Waals surface area contributed by atoms with Gasteiger partial charge in [0.05, 0.1) is 6.26 Å². The van der Waals surface area contributed by atoms with Crippen LogP contribution in [0.1, 0.15) is 33.6 Å². The standard InChI is InChI=1S/C18H24N4O3/c1-18(2,3)25-17(23)21-13-6-4-8-22(11-13)16-10-14(19-12-20-16)15-7-5-9-24-15/h5,7,9-10,12-13H,4,6,8,11H2,1-3H3,(H,21,23). The van der Waals surface area contributed by atoms with Gasteiger partial charge in [-0.3, -0.25) is 0 Å². The molecule has 7 heteroatoms. The van der Waals surface area contributed by atoms with Gasteiger partial charge in [0, 0.05) is 25.2 Å². The molecular formula is C18H24N4O3. The third kappa shape index (κ3) is 4.71. The number of carbonyl (C=O) groups excluding carboxylic acids is 1. The van der Waals surface area contributed by atoms with E-state index in [0.717, 1.165) is 30.9 Å². The van der Waals surface area contributed by atoms with Crippen molar-refractivity contribution in [2.45, 2.75) is 45.3 Å². The summed E-state index contributed by atoms with van der Waals surface area (Å²) < 4.78 is 10.7. The predicted molar refractivity (Wildman–Crippen MR) is 94.3 cm³/mol. The second-order valence-corrected chi connectivity index (χ2v) is 7.17. The van der Waals surface area contributed by atoms with E-state index >= 15 is 0 Å². The molecule has 1 aliphatic heterocycles. The summed E-state index contributed by atoms with van der Waals surface area (Å²) in [4.78, 5) is 22.8. The van der Waals surface area contributed by atoms with Crippen molar-refractivity contribution in [2.75, 3.05) is 18.0 Å². The highest BCUT2D eigenvalue weighted by molar-refractivity contribution is 5.68.